The normalized spacial score (nSPS) is 12.0. The van der Waals surface area contributed by atoms with Crippen LogP contribution in [-0.4, -0.2) is 33.6 Å². The summed E-state index contributed by atoms with van der Waals surface area (Å²) in [5.74, 6) is 0. The van der Waals surface area contributed by atoms with Crippen molar-refractivity contribution < 1.29 is 13.3 Å². The Morgan fingerprint density at radius 2 is 1.45 bits per heavy atom. The van der Waals surface area contributed by atoms with Crippen molar-refractivity contribution in [2.24, 2.45) is 0 Å². The first-order chi connectivity index (χ1) is 14.2. The Morgan fingerprint density at radius 3 is 2.14 bits per heavy atom. The highest BCUT2D eigenvalue weighted by Crippen LogP contribution is 2.50. The van der Waals surface area contributed by atoms with Gasteiger partial charge in [-0.1, -0.05) is 30.3 Å². The second kappa shape index (κ2) is 12.0. The third kappa shape index (κ3) is 6.17. The second-order valence-electron chi connectivity index (χ2n) is 5.60. The van der Waals surface area contributed by atoms with Gasteiger partial charge in [0.1, 0.15) is 0 Å². The van der Waals surface area contributed by atoms with Gasteiger partial charge in [0, 0.05) is 29.9 Å². The molecule has 1 aromatic heterocycles. The van der Waals surface area contributed by atoms with Gasteiger partial charge in [0.15, 0.2) is 4.34 Å². The van der Waals surface area contributed by atoms with Crippen LogP contribution < -0.4 is 5.19 Å². The Bertz CT molecular complexity index is 860. The summed E-state index contributed by atoms with van der Waals surface area (Å²) in [5, 5.41) is 1.04. The molecule has 0 saturated heterocycles. The molecule has 0 atom stereocenters. The fourth-order valence-corrected chi connectivity index (χ4v) is 13.1. The molecule has 3 rings (SSSR count). The number of para-hydroxylation sites is 1. The highest BCUT2D eigenvalue weighted by molar-refractivity contribution is 9.26. The topological polar surface area (TPSA) is 40.6 Å². The molecule has 0 spiro atoms. The van der Waals surface area contributed by atoms with Gasteiger partial charge in [-0.05, 0) is 80.2 Å². The lowest BCUT2D eigenvalue weighted by Gasteiger charge is -2.29. The zero-order valence-electron chi connectivity index (χ0n) is 16.5. The molecule has 3 aromatic rings. The lowest BCUT2D eigenvalue weighted by Crippen LogP contribution is -2.57. The molecule has 0 amide bonds. The predicted octanol–water partition coefficient (Wildman–Crippen LogP) is 6.65. The van der Waals surface area contributed by atoms with E-state index in [1.165, 1.54) is 4.70 Å². The standard InChI is InChI=1S/C19H23NO3S5Si/c1-4-21-29(22-5-2,23-6-3)18-14-10-9-13-17(18)25-27-28-26-19-20-15-11-7-8-12-16(15)24-19/h7-14H,4-6H2,1-3H3. The summed E-state index contributed by atoms with van der Waals surface area (Å²) in [5.41, 5.74) is 1.06. The maximum Gasteiger partial charge on any atom is 0.538 e. The van der Waals surface area contributed by atoms with Gasteiger partial charge >= 0.3 is 8.80 Å². The third-order valence-corrected chi connectivity index (χ3v) is 14.5. The number of thiazole rings is 1. The zero-order valence-corrected chi connectivity index (χ0v) is 21.5. The van der Waals surface area contributed by atoms with Gasteiger partial charge in [-0.25, -0.2) is 4.98 Å². The van der Waals surface area contributed by atoms with E-state index in [1.807, 2.05) is 39.0 Å². The largest absolute Gasteiger partial charge is 0.538 e. The van der Waals surface area contributed by atoms with Gasteiger partial charge in [0.25, 0.3) is 0 Å². The minimum Gasteiger partial charge on any atom is -0.370 e. The summed E-state index contributed by atoms with van der Waals surface area (Å²) in [4.78, 5) is 5.79. The Balaban J connectivity index is 1.67. The molecule has 29 heavy (non-hydrogen) atoms. The predicted molar refractivity (Wildman–Crippen MR) is 133 cm³/mol. The zero-order chi connectivity index (χ0) is 20.5. The number of hydrogen-bond donors (Lipinski definition) is 0. The Kier molecular flexibility index (Phi) is 9.73. The van der Waals surface area contributed by atoms with E-state index in [0.29, 0.717) is 19.8 Å². The summed E-state index contributed by atoms with van der Waals surface area (Å²) in [6.07, 6.45) is 0. The van der Waals surface area contributed by atoms with E-state index in [2.05, 4.69) is 35.3 Å². The van der Waals surface area contributed by atoms with Crippen molar-refractivity contribution in [3.63, 3.8) is 0 Å². The molecule has 0 radical (unpaired) electrons. The molecule has 4 nitrogen and oxygen atoms in total. The molecule has 0 fully saturated rings. The van der Waals surface area contributed by atoms with Crippen molar-refractivity contribution in [3.8, 4) is 0 Å². The average molecular weight is 502 g/mol. The van der Waals surface area contributed by atoms with Gasteiger partial charge in [-0.15, -0.1) is 11.3 Å². The minimum absolute atomic E-state index is 0.556. The Hall–Kier alpha value is -0.173. The van der Waals surface area contributed by atoms with E-state index < -0.39 is 8.80 Å². The number of rotatable bonds is 12. The number of benzene rings is 2. The third-order valence-electron chi connectivity index (χ3n) is 3.75. The Labute approximate surface area is 192 Å². The number of fused-ring (bicyclic) bond motifs is 1. The monoisotopic (exact) mass is 501 g/mol. The summed E-state index contributed by atoms with van der Waals surface area (Å²) in [7, 11) is 3.91. The van der Waals surface area contributed by atoms with Crippen molar-refractivity contribution in [2.75, 3.05) is 19.8 Å². The van der Waals surface area contributed by atoms with E-state index in [9.17, 15) is 0 Å². The maximum atomic E-state index is 6.10. The van der Waals surface area contributed by atoms with Crippen molar-refractivity contribution in [2.45, 2.75) is 30.0 Å². The highest BCUT2D eigenvalue weighted by atomic mass is 33.7. The van der Waals surface area contributed by atoms with Gasteiger partial charge in [-0.3, -0.25) is 0 Å². The summed E-state index contributed by atoms with van der Waals surface area (Å²) < 4.78 is 20.6. The molecule has 0 aliphatic heterocycles. The number of aromatic nitrogens is 1. The minimum atomic E-state index is -2.92. The van der Waals surface area contributed by atoms with Crippen molar-refractivity contribution >= 4 is 76.8 Å². The van der Waals surface area contributed by atoms with Crippen molar-refractivity contribution in [3.05, 3.63) is 48.5 Å². The average Bonchev–Trinajstić information content (AvgIpc) is 3.15. The van der Waals surface area contributed by atoms with Crippen LogP contribution in [-0.2, 0) is 13.3 Å². The Morgan fingerprint density at radius 1 is 0.828 bits per heavy atom. The van der Waals surface area contributed by atoms with Crippen molar-refractivity contribution in [1.29, 1.82) is 0 Å². The molecule has 0 N–H and O–H groups in total. The molecule has 10 heteroatoms. The first kappa shape index (κ1) is 23.5. The van der Waals surface area contributed by atoms with E-state index in [4.69, 9.17) is 13.3 Å². The molecular weight excluding hydrogens is 479 g/mol. The van der Waals surface area contributed by atoms with Crippen LogP contribution in [0.3, 0.4) is 0 Å². The van der Waals surface area contributed by atoms with Crippen LogP contribution in [0.4, 0.5) is 0 Å². The molecule has 0 saturated carbocycles. The SMILES string of the molecule is CCO[Si](OCC)(OCC)c1ccccc1SSSSc1nc2ccccc2s1. The highest BCUT2D eigenvalue weighted by Gasteiger charge is 2.45. The van der Waals surface area contributed by atoms with Gasteiger partial charge in [0.05, 0.1) is 10.2 Å². The lowest BCUT2D eigenvalue weighted by atomic mass is 10.3. The number of hydrogen-bond acceptors (Lipinski definition) is 9. The van der Waals surface area contributed by atoms with Crippen LogP contribution in [0.2, 0.25) is 0 Å². The van der Waals surface area contributed by atoms with Crippen LogP contribution in [0.5, 0.6) is 0 Å². The quantitative estimate of drug-likeness (QED) is 0.155. The molecule has 0 aliphatic carbocycles. The summed E-state index contributed by atoms with van der Waals surface area (Å²) in [6.45, 7) is 7.61. The number of nitrogens with zero attached hydrogens (tertiary/aromatic N) is 1. The fourth-order valence-electron chi connectivity index (χ4n) is 2.70. The molecule has 0 unspecified atom stereocenters. The first-order valence-corrected chi connectivity index (χ1v) is 16.6. The van der Waals surface area contributed by atoms with E-state index in [1.54, 1.807) is 52.6 Å². The van der Waals surface area contributed by atoms with E-state index in [0.717, 1.165) is 19.9 Å². The molecule has 156 valence electrons. The summed E-state index contributed by atoms with van der Waals surface area (Å²) in [6, 6.07) is 16.5. The van der Waals surface area contributed by atoms with Crippen LogP contribution in [0, 0.1) is 0 Å². The maximum absolute atomic E-state index is 6.10. The molecule has 2 aromatic carbocycles. The van der Waals surface area contributed by atoms with E-state index in [-0.39, 0.29) is 0 Å². The molecule has 0 aliphatic rings. The van der Waals surface area contributed by atoms with E-state index >= 15 is 0 Å². The lowest BCUT2D eigenvalue weighted by molar-refractivity contribution is 0.0854. The smallest absolute Gasteiger partial charge is 0.370 e. The van der Waals surface area contributed by atoms with Crippen LogP contribution in [0.1, 0.15) is 20.8 Å². The molecule has 0 bridgehead atoms. The molecule has 1 heterocycles. The van der Waals surface area contributed by atoms with Crippen LogP contribution >= 0.6 is 52.6 Å². The van der Waals surface area contributed by atoms with Gasteiger partial charge in [-0.2, -0.15) is 0 Å². The first-order valence-electron chi connectivity index (χ1n) is 9.27. The van der Waals surface area contributed by atoms with Crippen molar-refractivity contribution in [1.82, 2.24) is 4.98 Å². The van der Waals surface area contributed by atoms with Crippen LogP contribution in [0.15, 0.2) is 57.8 Å². The fraction of sp³-hybridized carbons (Fsp3) is 0.316. The van der Waals surface area contributed by atoms with Gasteiger partial charge < -0.3 is 13.3 Å². The van der Waals surface area contributed by atoms with Gasteiger partial charge in [0.2, 0.25) is 0 Å². The second-order valence-corrected chi connectivity index (χ2v) is 15.1. The van der Waals surface area contributed by atoms with Crippen LogP contribution in [0.25, 0.3) is 10.2 Å². The summed E-state index contributed by atoms with van der Waals surface area (Å²) >= 11 is 1.73. The molecular formula is C19H23NO3S5Si.